The van der Waals surface area contributed by atoms with Crippen LogP contribution in [0.25, 0.3) is 0 Å². The molecule has 3 nitrogen and oxygen atoms in total. The molecule has 5 heteroatoms. The molecule has 0 saturated carbocycles. The number of ether oxygens (including phenoxy) is 1. The van der Waals surface area contributed by atoms with Gasteiger partial charge in [-0.25, -0.2) is 4.99 Å². The number of hydrogen-bond donors (Lipinski definition) is 0. The Labute approximate surface area is 172 Å². The molecule has 3 aromatic rings. The van der Waals surface area contributed by atoms with E-state index in [4.69, 9.17) is 21.3 Å². The summed E-state index contributed by atoms with van der Waals surface area (Å²) in [5.41, 5.74) is 3.27. The van der Waals surface area contributed by atoms with E-state index in [1.54, 1.807) is 7.11 Å². The molecule has 1 atom stereocenters. The Balaban J connectivity index is 1.69. The van der Waals surface area contributed by atoms with Crippen molar-refractivity contribution in [2.75, 3.05) is 12.0 Å². The van der Waals surface area contributed by atoms with Crippen LogP contribution in [0.1, 0.15) is 18.0 Å². The SMILES string of the molecule is COc1ccc(N2/C(=N/c3ccc(Br)cc3)CC2c2ccc(Cl)cc2)cc1. The summed E-state index contributed by atoms with van der Waals surface area (Å²) >= 11 is 9.53. The van der Waals surface area contributed by atoms with Crippen molar-refractivity contribution in [3.05, 3.63) is 87.9 Å². The predicted molar refractivity (Wildman–Crippen MR) is 116 cm³/mol. The normalized spacial score (nSPS) is 17.7. The molecule has 1 aliphatic rings. The summed E-state index contributed by atoms with van der Waals surface area (Å²) in [6.07, 6.45) is 0.879. The predicted octanol–water partition coefficient (Wildman–Crippen LogP) is 6.79. The van der Waals surface area contributed by atoms with Gasteiger partial charge in [-0.2, -0.15) is 0 Å². The van der Waals surface area contributed by atoms with Crippen LogP contribution in [0, 0.1) is 0 Å². The Hall–Kier alpha value is -2.30. The highest BCUT2D eigenvalue weighted by molar-refractivity contribution is 9.10. The standard InChI is InChI=1S/C22H18BrClN2O/c1-27-20-12-10-19(11-13-20)26-21(15-2-6-17(24)7-3-15)14-22(26)25-18-8-4-16(23)5-9-18/h2-13,21H,14H2,1H3/b25-22+. The molecular formula is C22H18BrClN2O. The number of methoxy groups -OCH3 is 1. The molecule has 1 saturated heterocycles. The lowest BCUT2D eigenvalue weighted by atomic mass is 9.92. The third-order valence-corrected chi connectivity index (χ3v) is 5.44. The van der Waals surface area contributed by atoms with Crippen molar-refractivity contribution in [2.24, 2.45) is 4.99 Å². The molecule has 0 amide bonds. The maximum atomic E-state index is 6.06. The van der Waals surface area contributed by atoms with E-state index in [9.17, 15) is 0 Å². The molecule has 136 valence electrons. The first-order valence-corrected chi connectivity index (χ1v) is 9.83. The third-order valence-electron chi connectivity index (χ3n) is 4.66. The number of nitrogens with zero attached hydrogens (tertiary/aromatic N) is 2. The Morgan fingerprint density at radius 2 is 1.63 bits per heavy atom. The van der Waals surface area contributed by atoms with Crippen LogP contribution in [-0.2, 0) is 0 Å². The molecule has 1 unspecified atom stereocenters. The highest BCUT2D eigenvalue weighted by Crippen LogP contribution is 2.41. The second-order valence-electron chi connectivity index (χ2n) is 6.34. The number of halogens is 2. The van der Waals surface area contributed by atoms with Crippen LogP contribution in [0.15, 0.2) is 82.3 Å². The smallest absolute Gasteiger partial charge is 0.119 e. The number of anilines is 1. The maximum Gasteiger partial charge on any atom is 0.119 e. The highest BCUT2D eigenvalue weighted by atomic mass is 79.9. The first kappa shape index (κ1) is 18.1. The third kappa shape index (κ3) is 3.87. The molecule has 0 N–H and O–H groups in total. The van der Waals surface area contributed by atoms with Gasteiger partial charge in [-0.05, 0) is 66.2 Å². The van der Waals surface area contributed by atoms with E-state index in [2.05, 4.69) is 45.1 Å². The van der Waals surface area contributed by atoms with Gasteiger partial charge in [0.25, 0.3) is 0 Å². The second kappa shape index (κ2) is 7.75. The molecule has 0 aliphatic carbocycles. The Morgan fingerprint density at radius 3 is 2.26 bits per heavy atom. The van der Waals surface area contributed by atoms with E-state index in [1.807, 2.05) is 48.5 Å². The Morgan fingerprint density at radius 1 is 0.963 bits per heavy atom. The first-order valence-electron chi connectivity index (χ1n) is 8.66. The number of rotatable bonds is 4. The lowest BCUT2D eigenvalue weighted by molar-refractivity contribution is 0.415. The molecule has 1 aliphatic heterocycles. The van der Waals surface area contributed by atoms with Crippen LogP contribution in [0.2, 0.25) is 5.02 Å². The first-order chi connectivity index (χ1) is 13.1. The van der Waals surface area contributed by atoms with Crippen molar-refractivity contribution >= 4 is 44.7 Å². The van der Waals surface area contributed by atoms with Crippen LogP contribution < -0.4 is 9.64 Å². The molecule has 3 aromatic carbocycles. The second-order valence-corrected chi connectivity index (χ2v) is 7.70. The zero-order chi connectivity index (χ0) is 18.8. The average Bonchev–Trinajstić information content (AvgIpc) is 2.68. The van der Waals surface area contributed by atoms with E-state index in [0.29, 0.717) is 0 Å². The lowest BCUT2D eigenvalue weighted by Gasteiger charge is -2.44. The van der Waals surface area contributed by atoms with Crippen LogP contribution in [0.3, 0.4) is 0 Å². The van der Waals surface area contributed by atoms with Gasteiger partial charge in [0.15, 0.2) is 0 Å². The zero-order valence-corrected chi connectivity index (χ0v) is 17.1. The summed E-state index contributed by atoms with van der Waals surface area (Å²) in [5.74, 6) is 1.89. The summed E-state index contributed by atoms with van der Waals surface area (Å²) in [5, 5.41) is 0.748. The molecule has 27 heavy (non-hydrogen) atoms. The zero-order valence-electron chi connectivity index (χ0n) is 14.8. The molecule has 0 radical (unpaired) electrons. The van der Waals surface area contributed by atoms with Crippen LogP contribution in [0.5, 0.6) is 5.75 Å². The minimum Gasteiger partial charge on any atom is -0.497 e. The van der Waals surface area contributed by atoms with Gasteiger partial charge in [-0.15, -0.1) is 0 Å². The molecular weight excluding hydrogens is 424 g/mol. The van der Waals surface area contributed by atoms with Crippen molar-refractivity contribution in [1.82, 2.24) is 0 Å². The van der Waals surface area contributed by atoms with E-state index in [1.165, 1.54) is 5.56 Å². The minimum absolute atomic E-state index is 0.241. The molecule has 0 aromatic heterocycles. The highest BCUT2D eigenvalue weighted by Gasteiger charge is 2.36. The van der Waals surface area contributed by atoms with E-state index < -0.39 is 0 Å². The van der Waals surface area contributed by atoms with Gasteiger partial charge in [-0.3, -0.25) is 0 Å². The topological polar surface area (TPSA) is 24.8 Å². The van der Waals surface area contributed by atoms with Gasteiger partial charge in [0, 0.05) is 21.6 Å². The van der Waals surface area contributed by atoms with Crippen LogP contribution >= 0.6 is 27.5 Å². The van der Waals surface area contributed by atoms with E-state index in [0.717, 1.165) is 38.9 Å². The average molecular weight is 442 g/mol. The summed E-state index contributed by atoms with van der Waals surface area (Å²) in [7, 11) is 1.68. The number of hydrogen-bond acceptors (Lipinski definition) is 2. The molecule has 1 fully saturated rings. The van der Waals surface area contributed by atoms with Gasteiger partial charge in [-0.1, -0.05) is 39.7 Å². The Kier molecular flexibility index (Phi) is 5.19. The van der Waals surface area contributed by atoms with Gasteiger partial charge in [0.2, 0.25) is 0 Å². The van der Waals surface area contributed by atoms with Gasteiger partial charge < -0.3 is 9.64 Å². The van der Waals surface area contributed by atoms with Crippen molar-refractivity contribution in [3.63, 3.8) is 0 Å². The lowest BCUT2D eigenvalue weighted by Crippen LogP contribution is -2.46. The fourth-order valence-corrected chi connectivity index (χ4v) is 3.61. The minimum atomic E-state index is 0.241. The summed E-state index contributed by atoms with van der Waals surface area (Å²) in [4.78, 5) is 7.13. The number of benzene rings is 3. The quantitative estimate of drug-likeness (QED) is 0.445. The maximum absolute atomic E-state index is 6.06. The molecule has 4 rings (SSSR count). The fourth-order valence-electron chi connectivity index (χ4n) is 3.22. The van der Waals surface area contributed by atoms with Crippen LogP contribution in [-0.4, -0.2) is 12.9 Å². The molecule has 1 heterocycles. The van der Waals surface area contributed by atoms with Crippen molar-refractivity contribution in [3.8, 4) is 5.75 Å². The Bertz CT molecular complexity index is 953. The van der Waals surface area contributed by atoms with Crippen LogP contribution in [0.4, 0.5) is 11.4 Å². The van der Waals surface area contributed by atoms with Gasteiger partial charge in [0.1, 0.15) is 11.6 Å². The molecule has 0 spiro atoms. The summed E-state index contributed by atoms with van der Waals surface area (Å²) < 4.78 is 6.34. The van der Waals surface area contributed by atoms with E-state index >= 15 is 0 Å². The van der Waals surface area contributed by atoms with E-state index in [-0.39, 0.29) is 6.04 Å². The largest absolute Gasteiger partial charge is 0.497 e. The van der Waals surface area contributed by atoms with Crippen molar-refractivity contribution < 1.29 is 4.74 Å². The number of amidine groups is 1. The fraction of sp³-hybridized carbons (Fsp3) is 0.136. The summed E-state index contributed by atoms with van der Waals surface area (Å²) in [6.45, 7) is 0. The monoisotopic (exact) mass is 440 g/mol. The van der Waals surface area contributed by atoms with Crippen molar-refractivity contribution in [1.29, 1.82) is 0 Å². The summed E-state index contributed by atoms with van der Waals surface area (Å²) in [6, 6.07) is 24.4. The van der Waals surface area contributed by atoms with Gasteiger partial charge >= 0.3 is 0 Å². The number of aliphatic imine (C=N–C) groups is 1. The molecule has 0 bridgehead atoms. The van der Waals surface area contributed by atoms with Crippen molar-refractivity contribution in [2.45, 2.75) is 12.5 Å². The van der Waals surface area contributed by atoms with Gasteiger partial charge in [0.05, 0.1) is 18.8 Å².